The summed E-state index contributed by atoms with van der Waals surface area (Å²) in [6.45, 7) is 0.605. The van der Waals surface area contributed by atoms with Crippen molar-refractivity contribution >= 4 is 11.6 Å². The number of nitrogens with two attached hydrogens (primary N) is 1. The van der Waals surface area contributed by atoms with Crippen LogP contribution in [0.5, 0.6) is 5.75 Å². The van der Waals surface area contributed by atoms with E-state index in [1.165, 1.54) is 24.6 Å². The molecular weight excluding hydrogens is 242 g/mol. The van der Waals surface area contributed by atoms with Gasteiger partial charge in [0.25, 0.3) is 5.91 Å². The highest BCUT2D eigenvalue weighted by molar-refractivity contribution is 5.99. The molecule has 104 valence electrons. The highest BCUT2D eigenvalue weighted by Crippen LogP contribution is 2.35. The van der Waals surface area contributed by atoms with E-state index >= 15 is 0 Å². The number of hydrogen-bond donors (Lipinski definition) is 3. The summed E-state index contributed by atoms with van der Waals surface area (Å²) in [5, 5.41) is 12.3. The van der Waals surface area contributed by atoms with Gasteiger partial charge in [-0.15, -0.1) is 0 Å². The second kappa shape index (κ2) is 5.09. The van der Waals surface area contributed by atoms with Crippen LogP contribution in [-0.2, 0) is 0 Å². The number of nitrogen functional groups attached to an aromatic ring is 1. The molecule has 0 atom stereocenters. The zero-order valence-electron chi connectivity index (χ0n) is 11.4. The predicted octanol–water partition coefficient (Wildman–Crippen LogP) is 1.19. The molecule has 0 heterocycles. The number of nitrogens with zero attached hydrogens (tertiary/aromatic N) is 1. The zero-order chi connectivity index (χ0) is 14.0. The average Bonchev–Trinajstić information content (AvgIpc) is 2.30. The molecule has 1 fully saturated rings. The zero-order valence-corrected chi connectivity index (χ0v) is 11.4. The minimum absolute atomic E-state index is 0.0466. The molecule has 1 amide bonds. The quantitative estimate of drug-likeness (QED) is 0.563. The average molecular weight is 263 g/mol. The summed E-state index contributed by atoms with van der Waals surface area (Å²) >= 11 is 0. The van der Waals surface area contributed by atoms with E-state index in [0.717, 1.165) is 12.8 Å². The first kappa shape index (κ1) is 13.7. The van der Waals surface area contributed by atoms with Crippen molar-refractivity contribution in [2.45, 2.75) is 24.8 Å². The third-order valence-electron chi connectivity index (χ3n) is 4.09. The molecule has 0 bridgehead atoms. The van der Waals surface area contributed by atoms with Crippen LogP contribution in [0.2, 0.25) is 0 Å². The van der Waals surface area contributed by atoms with Crippen molar-refractivity contribution in [3.63, 3.8) is 0 Å². The standard InChI is InChI=1S/C14H21N3O2/c1-17(2)14(6-3-7-14)9-16-13(19)11-8-10(18)4-5-12(11)15/h4-5,8,18H,3,6-7,9,15H2,1-2H3,(H,16,19). The first-order chi connectivity index (χ1) is 8.94. The highest BCUT2D eigenvalue weighted by atomic mass is 16.3. The second-order valence-electron chi connectivity index (χ2n) is 5.43. The first-order valence-electron chi connectivity index (χ1n) is 6.49. The van der Waals surface area contributed by atoms with E-state index in [1.807, 2.05) is 14.1 Å². The summed E-state index contributed by atoms with van der Waals surface area (Å²) in [5.41, 5.74) is 6.53. The number of phenolic OH excluding ortho intramolecular Hbond substituents is 1. The molecule has 0 radical (unpaired) electrons. The van der Waals surface area contributed by atoms with Gasteiger partial charge in [0.05, 0.1) is 5.56 Å². The van der Waals surface area contributed by atoms with E-state index in [9.17, 15) is 9.90 Å². The Morgan fingerprint density at radius 1 is 1.47 bits per heavy atom. The van der Waals surface area contributed by atoms with Crippen LogP contribution < -0.4 is 11.1 Å². The number of phenols is 1. The lowest BCUT2D eigenvalue weighted by atomic mass is 9.75. The summed E-state index contributed by atoms with van der Waals surface area (Å²) in [7, 11) is 4.07. The van der Waals surface area contributed by atoms with Crippen molar-refractivity contribution in [1.29, 1.82) is 0 Å². The number of benzene rings is 1. The molecule has 5 heteroatoms. The largest absolute Gasteiger partial charge is 0.508 e. The van der Waals surface area contributed by atoms with Crippen molar-refractivity contribution in [2.75, 3.05) is 26.4 Å². The van der Waals surface area contributed by atoms with Crippen LogP contribution in [0.4, 0.5) is 5.69 Å². The number of carbonyl (C=O) groups excluding carboxylic acids is 1. The van der Waals surface area contributed by atoms with Gasteiger partial charge in [-0.25, -0.2) is 0 Å². The minimum Gasteiger partial charge on any atom is -0.508 e. The SMILES string of the molecule is CN(C)C1(CNC(=O)c2cc(O)ccc2N)CCC1. The Hall–Kier alpha value is -1.75. The van der Waals surface area contributed by atoms with Crippen LogP contribution in [0.25, 0.3) is 0 Å². The third-order valence-corrected chi connectivity index (χ3v) is 4.09. The van der Waals surface area contributed by atoms with Crippen LogP contribution in [0.15, 0.2) is 18.2 Å². The van der Waals surface area contributed by atoms with E-state index in [2.05, 4.69) is 10.2 Å². The molecular formula is C14H21N3O2. The highest BCUT2D eigenvalue weighted by Gasteiger charge is 2.39. The number of nitrogens with one attached hydrogen (secondary N) is 1. The Labute approximate surface area is 113 Å². The topological polar surface area (TPSA) is 78.6 Å². The minimum atomic E-state index is -0.235. The van der Waals surface area contributed by atoms with E-state index < -0.39 is 0 Å². The molecule has 1 aromatic rings. The fourth-order valence-corrected chi connectivity index (χ4v) is 2.45. The van der Waals surface area contributed by atoms with Gasteiger partial charge in [0.2, 0.25) is 0 Å². The first-order valence-corrected chi connectivity index (χ1v) is 6.49. The smallest absolute Gasteiger partial charge is 0.253 e. The van der Waals surface area contributed by atoms with Gasteiger partial charge < -0.3 is 21.1 Å². The molecule has 0 aliphatic heterocycles. The summed E-state index contributed by atoms with van der Waals surface area (Å²) < 4.78 is 0. The molecule has 0 spiro atoms. The molecule has 0 unspecified atom stereocenters. The number of hydrogen-bond acceptors (Lipinski definition) is 4. The molecule has 0 saturated heterocycles. The van der Waals surface area contributed by atoms with Crippen molar-refractivity contribution in [3.8, 4) is 5.75 Å². The Morgan fingerprint density at radius 3 is 2.68 bits per heavy atom. The van der Waals surface area contributed by atoms with Gasteiger partial charge in [-0.2, -0.15) is 0 Å². The molecule has 4 N–H and O–H groups in total. The number of carbonyl (C=O) groups is 1. The summed E-state index contributed by atoms with van der Waals surface area (Å²) in [5.74, 6) is -0.188. The molecule has 1 saturated carbocycles. The maximum atomic E-state index is 12.1. The van der Waals surface area contributed by atoms with Gasteiger partial charge in [0, 0.05) is 17.8 Å². The number of amides is 1. The van der Waals surface area contributed by atoms with Gasteiger partial charge in [0.1, 0.15) is 5.75 Å². The Bertz CT molecular complexity index is 482. The lowest BCUT2D eigenvalue weighted by Crippen LogP contribution is -2.57. The normalized spacial score (nSPS) is 17.0. The predicted molar refractivity (Wildman–Crippen MR) is 75.1 cm³/mol. The lowest BCUT2D eigenvalue weighted by Gasteiger charge is -2.47. The van der Waals surface area contributed by atoms with Crippen LogP contribution >= 0.6 is 0 Å². The van der Waals surface area contributed by atoms with Gasteiger partial charge in [0.15, 0.2) is 0 Å². The molecule has 1 aliphatic rings. The summed E-state index contributed by atoms with van der Waals surface area (Å²) in [6.07, 6.45) is 3.38. The molecule has 2 rings (SSSR count). The van der Waals surface area contributed by atoms with E-state index in [0.29, 0.717) is 17.8 Å². The van der Waals surface area contributed by atoms with Crippen LogP contribution in [0.1, 0.15) is 29.6 Å². The molecule has 1 aromatic carbocycles. The molecule has 0 aromatic heterocycles. The monoisotopic (exact) mass is 263 g/mol. The number of likely N-dealkylation sites (N-methyl/N-ethyl adjacent to an activating group) is 1. The van der Waals surface area contributed by atoms with Crippen LogP contribution in [-0.4, -0.2) is 42.1 Å². The molecule has 5 nitrogen and oxygen atoms in total. The second-order valence-corrected chi connectivity index (χ2v) is 5.43. The van der Waals surface area contributed by atoms with Gasteiger partial charge in [-0.05, 0) is 51.6 Å². The van der Waals surface area contributed by atoms with Gasteiger partial charge >= 0.3 is 0 Å². The Kier molecular flexibility index (Phi) is 3.66. The Morgan fingerprint density at radius 2 is 2.16 bits per heavy atom. The molecule has 1 aliphatic carbocycles. The lowest BCUT2D eigenvalue weighted by molar-refractivity contribution is 0.0558. The number of rotatable bonds is 4. The number of anilines is 1. The van der Waals surface area contributed by atoms with Crippen molar-refractivity contribution < 1.29 is 9.90 Å². The maximum Gasteiger partial charge on any atom is 0.253 e. The number of aromatic hydroxyl groups is 1. The van der Waals surface area contributed by atoms with Gasteiger partial charge in [-0.3, -0.25) is 4.79 Å². The molecule has 19 heavy (non-hydrogen) atoms. The van der Waals surface area contributed by atoms with Crippen molar-refractivity contribution in [1.82, 2.24) is 10.2 Å². The summed E-state index contributed by atoms with van der Waals surface area (Å²) in [4.78, 5) is 14.3. The van der Waals surface area contributed by atoms with E-state index in [-0.39, 0.29) is 17.2 Å². The Balaban J connectivity index is 2.03. The fourth-order valence-electron chi connectivity index (χ4n) is 2.45. The van der Waals surface area contributed by atoms with Crippen molar-refractivity contribution in [3.05, 3.63) is 23.8 Å². The van der Waals surface area contributed by atoms with E-state index in [1.54, 1.807) is 0 Å². The van der Waals surface area contributed by atoms with Gasteiger partial charge in [-0.1, -0.05) is 0 Å². The van der Waals surface area contributed by atoms with E-state index in [4.69, 9.17) is 5.73 Å². The summed E-state index contributed by atoms with van der Waals surface area (Å²) in [6, 6.07) is 4.41. The fraction of sp³-hybridized carbons (Fsp3) is 0.500. The van der Waals surface area contributed by atoms with Crippen LogP contribution in [0, 0.1) is 0 Å². The van der Waals surface area contributed by atoms with Crippen molar-refractivity contribution in [2.24, 2.45) is 0 Å². The van der Waals surface area contributed by atoms with Crippen LogP contribution in [0.3, 0.4) is 0 Å². The maximum absolute atomic E-state index is 12.1. The third kappa shape index (κ3) is 2.66.